The third-order valence-corrected chi connectivity index (χ3v) is 5.55. The number of carbonyl (C=O) groups excluding carboxylic acids is 2. The predicted molar refractivity (Wildman–Crippen MR) is 135 cm³/mol. The van der Waals surface area contributed by atoms with E-state index in [4.69, 9.17) is 4.74 Å². The molecule has 176 valence electrons. The Bertz CT molecular complexity index is 1420. The number of anilines is 1. The van der Waals surface area contributed by atoms with Crippen LogP contribution in [0, 0.1) is 5.82 Å². The van der Waals surface area contributed by atoms with Crippen LogP contribution >= 0.6 is 15.9 Å². The molecule has 0 aliphatic carbocycles. The van der Waals surface area contributed by atoms with Crippen molar-refractivity contribution in [1.82, 2.24) is 5.43 Å². The SMILES string of the molecule is O=C(COc1ccc(C=NNC(=O)c2cc3ccccc3cc2O)cc1Br)Nc1ccc(F)cc1. The first-order chi connectivity index (χ1) is 16.9. The van der Waals surface area contributed by atoms with E-state index in [0.29, 0.717) is 21.5 Å². The Hall–Kier alpha value is -4.24. The van der Waals surface area contributed by atoms with Crippen molar-refractivity contribution in [1.29, 1.82) is 0 Å². The lowest BCUT2D eigenvalue weighted by Gasteiger charge is -2.09. The van der Waals surface area contributed by atoms with E-state index in [9.17, 15) is 19.1 Å². The van der Waals surface area contributed by atoms with Gasteiger partial charge in [0.25, 0.3) is 11.8 Å². The Morgan fingerprint density at radius 3 is 2.43 bits per heavy atom. The molecule has 7 nitrogen and oxygen atoms in total. The van der Waals surface area contributed by atoms with Crippen LogP contribution in [0.15, 0.2) is 88.4 Å². The minimum atomic E-state index is -0.546. The van der Waals surface area contributed by atoms with Crippen LogP contribution in [0.25, 0.3) is 10.8 Å². The van der Waals surface area contributed by atoms with Crippen LogP contribution in [-0.4, -0.2) is 29.7 Å². The van der Waals surface area contributed by atoms with Gasteiger partial charge in [-0.1, -0.05) is 24.3 Å². The molecule has 0 atom stereocenters. The van der Waals surface area contributed by atoms with Crippen LogP contribution in [0.2, 0.25) is 0 Å². The molecule has 0 bridgehead atoms. The number of fused-ring (bicyclic) bond motifs is 1. The fourth-order valence-electron chi connectivity index (χ4n) is 3.22. The number of benzene rings is 4. The van der Waals surface area contributed by atoms with E-state index in [0.717, 1.165) is 10.8 Å². The first-order valence-corrected chi connectivity index (χ1v) is 11.2. The molecule has 0 radical (unpaired) electrons. The van der Waals surface area contributed by atoms with E-state index in [2.05, 4.69) is 31.8 Å². The van der Waals surface area contributed by atoms with Crippen molar-refractivity contribution >= 4 is 50.4 Å². The molecular weight excluding hydrogens is 517 g/mol. The molecule has 0 spiro atoms. The monoisotopic (exact) mass is 535 g/mol. The second-order valence-corrected chi connectivity index (χ2v) is 8.30. The summed E-state index contributed by atoms with van der Waals surface area (Å²) in [6.45, 7) is -0.241. The van der Waals surface area contributed by atoms with Crippen LogP contribution in [-0.2, 0) is 4.79 Å². The predicted octanol–water partition coefficient (Wildman–Crippen LogP) is 5.23. The number of phenolic OH excluding ortho intramolecular Hbond substituents is 1. The summed E-state index contributed by atoms with van der Waals surface area (Å²) in [6, 6.07) is 21.0. The maximum absolute atomic E-state index is 13.0. The molecule has 4 aromatic carbocycles. The molecule has 4 aromatic rings. The summed E-state index contributed by atoms with van der Waals surface area (Å²) in [4.78, 5) is 24.5. The molecule has 0 fully saturated rings. The second kappa shape index (κ2) is 10.8. The standard InChI is InChI=1S/C26H19BrFN3O4/c27-22-11-16(5-10-24(22)35-15-25(33)30-20-8-6-19(28)7-9-20)14-29-31-26(34)21-12-17-3-1-2-4-18(17)13-23(21)32/h1-14,32H,15H2,(H,30,33)(H,31,34). The number of hydrogen-bond donors (Lipinski definition) is 3. The number of nitrogens with one attached hydrogen (secondary N) is 2. The summed E-state index contributed by atoms with van der Waals surface area (Å²) in [5.74, 6) is -1.03. The summed E-state index contributed by atoms with van der Waals surface area (Å²) in [6.07, 6.45) is 1.44. The Morgan fingerprint density at radius 1 is 1.00 bits per heavy atom. The Kier molecular flexibility index (Phi) is 7.37. The summed E-state index contributed by atoms with van der Waals surface area (Å²) in [5, 5.41) is 18.4. The third-order valence-electron chi connectivity index (χ3n) is 4.93. The topological polar surface area (TPSA) is 100 Å². The first kappa shape index (κ1) is 23.9. The van der Waals surface area contributed by atoms with E-state index in [1.165, 1.54) is 36.5 Å². The van der Waals surface area contributed by atoms with Gasteiger partial charge in [-0.3, -0.25) is 9.59 Å². The number of hydrogen-bond acceptors (Lipinski definition) is 5. The number of amides is 2. The normalized spacial score (nSPS) is 10.9. The average molecular weight is 536 g/mol. The quantitative estimate of drug-likeness (QED) is 0.223. The highest BCUT2D eigenvalue weighted by molar-refractivity contribution is 9.10. The van der Waals surface area contributed by atoms with Gasteiger partial charge in [0.2, 0.25) is 0 Å². The van der Waals surface area contributed by atoms with Gasteiger partial charge in [-0.25, -0.2) is 9.82 Å². The van der Waals surface area contributed by atoms with Gasteiger partial charge in [-0.2, -0.15) is 5.10 Å². The van der Waals surface area contributed by atoms with E-state index >= 15 is 0 Å². The van der Waals surface area contributed by atoms with E-state index in [-0.39, 0.29) is 17.9 Å². The minimum absolute atomic E-state index is 0.115. The maximum atomic E-state index is 13.0. The molecule has 0 saturated carbocycles. The highest BCUT2D eigenvalue weighted by Gasteiger charge is 2.12. The second-order valence-electron chi connectivity index (χ2n) is 7.45. The number of aromatic hydroxyl groups is 1. The zero-order valence-electron chi connectivity index (χ0n) is 18.2. The number of ether oxygens (including phenoxy) is 1. The van der Waals surface area contributed by atoms with Gasteiger partial charge in [0.15, 0.2) is 6.61 Å². The van der Waals surface area contributed by atoms with Crippen LogP contribution < -0.4 is 15.5 Å². The number of rotatable bonds is 7. The fourth-order valence-corrected chi connectivity index (χ4v) is 3.73. The highest BCUT2D eigenvalue weighted by atomic mass is 79.9. The lowest BCUT2D eigenvalue weighted by Crippen LogP contribution is -2.20. The van der Waals surface area contributed by atoms with Gasteiger partial charge in [0.1, 0.15) is 17.3 Å². The molecular formula is C26H19BrFN3O4. The van der Waals surface area contributed by atoms with Gasteiger partial charge >= 0.3 is 0 Å². The van der Waals surface area contributed by atoms with Crippen molar-refractivity contribution in [3.05, 3.63) is 100 Å². The van der Waals surface area contributed by atoms with Crippen molar-refractivity contribution in [3.8, 4) is 11.5 Å². The van der Waals surface area contributed by atoms with E-state index in [1.54, 1.807) is 24.3 Å². The van der Waals surface area contributed by atoms with E-state index < -0.39 is 17.6 Å². The Labute approximate surface area is 208 Å². The summed E-state index contributed by atoms with van der Waals surface area (Å²) >= 11 is 3.38. The summed E-state index contributed by atoms with van der Waals surface area (Å²) in [5.41, 5.74) is 3.64. The molecule has 0 aliphatic rings. The van der Waals surface area contributed by atoms with Crippen LogP contribution in [0.5, 0.6) is 11.5 Å². The highest BCUT2D eigenvalue weighted by Crippen LogP contribution is 2.26. The van der Waals surface area contributed by atoms with Crippen molar-refractivity contribution in [2.75, 3.05) is 11.9 Å². The fraction of sp³-hybridized carbons (Fsp3) is 0.0385. The molecule has 4 rings (SSSR count). The smallest absolute Gasteiger partial charge is 0.275 e. The lowest BCUT2D eigenvalue weighted by molar-refractivity contribution is -0.118. The molecule has 0 saturated heterocycles. The van der Waals surface area contributed by atoms with Crippen LogP contribution in [0.1, 0.15) is 15.9 Å². The number of hydrazone groups is 1. The van der Waals surface area contributed by atoms with Gasteiger partial charge in [-0.15, -0.1) is 0 Å². The molecule has 0 unspecified atom stereocenters. The van der Waals surface area contributed by atoms with Crippen molar-refractivity contribution in [2.24, 2.45) is 5.10 Å². The molecule has 3 N–H and O–H groups in total. The number of phenols is 1. The largest absolute Gasteiger partial charge is 0.507 e. The van der Waals surface area contributed by atoms with Gasteiger partial charge in [0, 0.05) is 5.69 Å². The minimum Gasteiger partial charge on any atom is -0.507 e. The zero-order valence-corrected chi connectivity index (χ0v) is 19.8. The Balaban J connectivity index is 1.33. The molecule has 0 aliphatic heterocycles. The average Bonchev–Trinajstić information content (AvgIpc) is 2.84. The van der Waals surface area contributed by atoms with Crippen LogP contribution in [0.4, 0.5) is 10.1 Å². The number of nitrogens with zero attached hydrogens (tertiary/aromatic N) is 1. The molecule has 2 amide bonds. The Morgan fingerprint density at radius 2 is 1.71 bits per heavy atom. The molecule has 0 heterocycles. The number of carbonyl (C=O) groups is 2. The van der Waals surface area contributed by atoms with Crippen LogP contribution in [0.3, 0.4) is 0 Å². The van der Waals surface area contributed by atoms with Gasteiger partial charge in [-0.05, 0) is 86.9 Å². The first-order valence-electron chi connectivity index (χ1n) is 10.4. The van der Waals surface area contributed by atoms with Gasteiger partial charge in [0.05, 0.1) is 16.3 Å². The third kappa shape index (κ3) is 6.21. The number of halogens is 2. The van der Waals surface area contributed by atoms with Crippen molar-refractivity contribution < 1.29 is 23.8 Å². The van der Waals surface area contributed by atoms with E-state index in [1.807, 2.05) is 24.3 Å². The molecule has 9 heteroatoms. The molecule has 35 heavy (non-hydrogen) atoms. The summed E-state index contributed by atoms with van der Waals surface area (Å²) < 4.78 is 19.1. The molecule has 0 aromatic heterocycles. The zero-order chi connectivity index (χ0) is 24.8. The van der Waals surface area contributed by atoms with Crippen molar-refractivity contribution in [2.45, 2.75) is 0 Å². The summed E-state index contributed by atoms with van der Waals surface area (Å²) in [7, 11) is 0. The van der Waals surface area contributed by atoms with Gasteiger partial charge < -0.3 is 15.2 Å². The lowest BCUT2D eigenvalue weighted by atomic mass is 10.1. The van der Waals surface area contributed by atoms with Crippen molar-refractivity contribution in [3.63, 3.8) is 0 Å². The maximum Gasteiger partial charge on any atom is 0.275 e.